The second-order valence-corrected chi connectivity index (χ2v) is 6.13. The van der Waals surface area contributed by atoms with Crippen LogP contribution < -0.4 is 0 Å². The number of rotatable bonds is 5. The van der Waals surface area contributed by atoms with Crippen LogP contribution in [0.3, 0.4) is 0 Å². The molecule has 0 radical (unpaired) electrons. The van der Waals surface area contributed by atoms with Crippen molar-refractivity contribution in [2.24, 2.45) is 11.8 Å². The van der Waals surface area contributed by atoms with Gasteiger partial charge in [0.05, 0.1) is 18.9 Å². The van der Waals surface area contributed by atoms with Crippen LogP contribution in [0.15, 0.2) is 0 Å². The van der Waals surface area contributed by atoms with Crippen LogP contribution in [0.2, 0.25) is 0 Å². The van der Waals surface area contributed by atoms with Gasteiger partial charge in [0, 0.05) is 0 Å². The van der Waals surface area contributed by atoms with Crippen LogP contribution in [-0.2, 0) is 19.1 Å². The number of halogens is 10. The molecule has 0 aromatic heterocycles. The van der Waals surface area contributed by atoms with Gasteiger partial charge in [-0.1, -0.05) is 0 Å². The molecule has 1 rings (SSSR count). The van der Waals surface area contributed by atoms with Crippen molar-refractivity contribution >= 4 is 11.9 Å². The Hall–Kier alpha value is -1.76. The number of carbonyl (C=O) groups excluding carboxylic acids is 2. The molecule has 1 aliphatic carbocycles. The van der Waals surface area contributed by atoms with E-state index in [0.717, 1.165) is 7.11 Å². The standard InChI is InChI=1S/C14H14F10O4/c1-27-8(25)6-2-4-7(5-3-6)9(26)28-10(11(15,16)13(19,20)21)12(17,18)14(22,23)24/h6-7,10H,2-5H2,1H3. The lowest BCUT2D eigenvalue weighted by molar-refractivity contribution is -0.385. The Labute approximate surface area is 151 Å². The molecule has 164 valence electrons. The molecular weight excluding hydrogens is 422 g/mol. The third-order valence-electron chi connectivity index (χ3n) is 4.24. The van der Waals surface area contributed by atoms with Gasteiger partial charge in [-0.3, -0.25) is 9.59 Å². The molecule has 0 N–H and O–H groups in total. The zero-order valence-corrected chi connectivity index (χ0v) is 14.0. The zero-order chi connectivity index (χ0) is 22.1. The minimum Gasteiger partial charge on any atom is -0.469 e. The molecular formula is C14H14F10O4. The summed E-state index contributed by atoms with van der Waals surface area (Å²) < 4.78 is 135. The lowest BCUT2D eigenvalue weighted by atomic mass is 9.82. The van der Waals surface area contributed by atoms with Crippen molar-refractivity contribution < 1.29 is 63.0 Å². The average Bonchev–Trinajstić information content (AvgIpc) is 2.56. The predicted octanol–water partition coefficient (Wildman–Crippen LogP) is 4.27. The number of esters is 2. The van der Waals surface area contributed by atoms with E-state index in [4.69, 9.17) is 0 Å². The van der Waals surface area contributed by atoms with E-state index in [-0.39, 0.29) is 25.7 Å². The maximum atomic E-state index is 13.3. The summed E-state index contributed by atoms with van der Waals surface area (Å²) in [7, 11) is 1.05. The number of hydrogen-bond acceptors (Lipinski definition) is 4. The first-order chi connectivity index (χ1) is 12.5. The Balaban J connectivity index is 3.06. The van der Waals surface area contributed by atoms with Gasteiger partial charge >= 0.3 is 36.1 Å². The van der Waals surface area contributed by atoms with Gasteiger partial charge in [-0.25, -0.2) is 0 Å². The van der Waals surface area contributed by atoms with E-state index >= 15 is 0 Å². The topological polar surface area (TPSA) is 52.6 Å². The fourth-order valence-electron chi connectivity index (χ4n) is 2.62. The van der Waals surface area contributed by atoms with Crippen molar-refractivity contribution in [3.63, 3.8) is 0 Å². The van der Waals surface area contributed by atoms with Crippen LogP contribution in [0.4, 0.5) is 43.9 Å². The quantitative estimate of drug-likeness (QED) is 0.477. The highest BCUT2D eigenvalue weighted by atomic mass is 19.4. The van der Waals surface area contributed by atoms with Crippen LogP contribution in [-0.4, -0.2) is 49.4 Å². The average molecular weight is 436 g/mol. The maximum absolute atomic E-state index is 13.3. The Bertz CT molecular complexity index is 550. The van der Waals surface area contributed by atoms with Gasteiger partial charge in [0.25, 0.3) is 0 Å². The molecule has 0 atom stereocenters. The number of methoxy groups -OCH3 is 1. The van der Waals surface area contributed by atoms with Crippen molar-refractivity contribution in [1.29, 1.82) is 0 Å². The SMILES string of the molecule is COC(=O)C1CCC(C(=O)OC(C(F)(F)C(F)(F)F)C(F)(F)C(F)(F)F)CC1. The van der Waals surface area contributed by atoms with Gasteiger partial charge in [0.1, 0.15) is 0 Å². The largest absolute Gasteiger partial charge is 0.469 e. The molecule has 1 aliphatic rings. The number of hydrogen-bond donors (Lipinski definition) is 0. The van der Waals surface area contributed by atoms with Crippen molar-refractivity contribution in [2.45, 2.75) is 56.0 Å². The zero-order valence-electron chi connectivity index (χ0n) is 14.0. The van der Waals surface area contributed by atoms with Crippen molar-refractivity contribution in [1.82, 2.24) is 0 Å². The van der Waals surface area contributed by atoms with E-state index in [1.165, 1.54) is 0 Å². The van der Waals surface area contributed by atoms with Crippen LogP contribution >= 0.6 is 0 Å². The molecule has 0 aromatic carbocycles. The van der Waals surface area contributed by atoms with Gasteiger partial charge < -0.3 is 9.47 Å². The lowest BCUT2D eigenvalue weighted by Crippen LogP contribution is -2.62. The molecule has 0 saturated heterocycles. The van der Waals surface area contributed by atoms with Crippen molar-refractivity contribution in [3.05, 3.63) is 0 Å². The second-order valence-electron chi connectivity index (χ2n) is 6.13. The molecule has 0 heterocycles. The summed E-state index contributed by atoms with van der Waals surface area (Å²) in [4.78, 5) is 23.1. The second kappa shape index (κ2) is 7.93. The normalized spacial score (nSPS) is 22.1. The molecule has 0 unspecified atom stereocenters. The molecule has 28 heavy (non-hydrogen) atoms. The fourth-order valence-corrected chi connectivity index (χ4v) is 2.62. The first kappa shape index (κ1) is 24.3. The van der Waals surface area contributed by atoms with E-state index in [9.17, 15) is 53.5 Å². The third-order valence-corrected chi connectivity index (χ3v) is 4.24. The van der Waals surface area contributed by atoms with E-state index in [2.05, 4.69) is 9.47 Å². The van der Waals surface area contributed by atoms with Gasteiger partial charge in [0.15, 0.2) is 0 Å². The molecule has 1 saturated carbocycles. The first-order valence-corrected chi connectivity index (χ1v) is 7.64. The summed E-state index contributed by atoms with van der Waals surface area (Å²) >= 11 is 0. The summed E-state index contributed by atoms with van der Waals surface area (Å²) in [5, 5.41) is 0. The molecule has 14 heteroatoms. The Morgan fingerprint density at radius 3 is 1.32 bits per heavy atom. The van der Waals surface area contributed by atoms with Crippen LogP contribution in [0.5, 0.6) is 0 Å². The van der Waals surface area contributed by atoms with E-state index < -0.39 is 54.1 Å². The predicted molar refractivity (Wildman–Crippen MR) is 69.3 cm³/mol. The summed E-state index contributed by atoms with van der Waals surface area (Å²) in [6.45, 7) is 0. The molecule has 0 amide bonds. The van der Waals surface area contributed by atoms with Crippen LogP contribution in [0, 0.1) is 11.8 Å². The number of alkyl halides is 10. The van der Waals surface area contributed by atoms with Crippen molar-refractivity contribution in [2.75, 3.05) is 7.11 Å². The maximum Gasteiger partial charge on any atom is 0.457 e. The van der Waals surface area contributed by atoms with Crippen LogP contribution in [0.1, 0.15) is 25.7 Å². The Kier molecular flexibility index (Phi) is 6.88. The van der Waals surface area contributed by atoms with Gasteiger partial charge in [0.2, 0.25) is 6.10 Å². The van der Waals surface area contributed by atoms with Gasteiger partial charge in [-0.2, -0.15) is 43.9 Å². The Morgan fingerprint density at radius 2 is 1.04 bits per heavy atom. The number of carbonyl (C=O) groups is 2. The minimum atomic E-state index is -6.84. The molecule has 0 bridgehead atoms. The molecule has 4 nitrogen and oxygen atoms in total. The highest BCUT2D eigenvalue weighted by molar-refractivity contribution is 5.75. The van der Waals surface area contributed by atoms with Gasteiger partial charge in [-0.05, 0) is 25.7 Å². The van der Waals surface area contributed by atoms with Crippen molar-refractivity contribution in [3.8, 4) is 0 Å². The smallest absolute Gasteiger partial charge is 0.457 e. The molecule has 0 aromatic rings. The third kappa shape index (κ3) is 4.80. The summed E-state index contributed by atoms with van der Waals surface area (Å²) in [5.74, 6) is -18.4. The number of ether oxygens (including phenoxy) is 2. The fraction of sp³-hybridized carbons (Fsp3) is 0.857. The Morgan fingerprint density at radius 1 is 0.714 bits per heavy atom. The minimum absolute atomic E-state index is 0.123. The highest BCUT2D eigenvalue weighted by Crippen LogP contribution is 2.50. The summed E-state index contributed by atoms with van der Waals surface area (Å²) in [6.07, 6.45) is -19.8. The van der Waals surface area contributed by atoms with E-state index in [1.807, 2.05) is 0 Å². The molecule has 0 spiro atoms. The molecule has 1 fully saturated rings. The first-order valence-electron chi connectivity index (χ1n) is 7.64. The lowest BCUT2D eigenvalue weighted by Gasteiger charge is -2.35. The van der Waals surface area contributed by atoms with E-state index in [1.54, 1.807) is 0 Å². The van der Waals surface area contributed by atoms with Gasteiger partial charge in [-0.15, -0.1) is 0 Å². The molecule has 0 aliphatic heterocycles. The van der Waals surface area contributed by atoms with Crippen LogP contribution in [0.25, 0.3) is 0 Å². The highest BCUT2D eigenvalue weighted by Gasteiger charge is 2.78. The summed E-state index contributed by atoms with van der Waals surface area (Å²) in [6, 6.07) is 0. The summed E-state index contributed by atoms with van der Waals surface area (Å²) in [5.41, 5.74) is 0. The monoisotopic (exact) mass is 436 g/mol. The van der Waals surface area contributed by atoms with E-state index in [0.29, 0.717) is 0 Å².